The molecule has 3 aliphatic heterocycles. The number of nitrogens with one attached hydrogen (secondary N) is 1. The fourth-order valence-electron chi connectivity index (χ4n) is 3.79. The number of nitrogens with zero attached hydrogens (tertiary/aromatic N) is 2. The fraction of sp³-hybridized carbons (Fsp3) is 0.611. The number of carbonyl (C=O) groups is 1. The molecule has 2 fully saturated rings. The Morgan fingerprint density at radius 1 is 1.11 bits per heavy atom. The van der Waals surface area contributed by atoms with E-state index in [-0.39, 0.29) is 30.2 Å². The summed E-state index contributed by atoms with van der Waals surface area (Å²) in [5.41, 5.74) is 1.19. The summed E-state index contributed by atoms with van der Waals surface area (Å²) in [5.74, 6) is 1.76. The minimum atomic E-state index is -2.97. The molecule has 2 saturated heterocycles. The summed E-state index contributed by atoms with van der Waals surface area (Å²) in [4.78, 5) is 16.6. The molecule has 1 aromatic carbocycles. The van der Waals surface area contributed by atoms with E-state index in [2.05, 4.69) is 21.2 Å². The second-order valence-electron chi connectivity index (χ2n) is 7.41. The third kappa shape index (κ3) is 4.72. The van der Waals surface area contributed by atoms with Crippen LogP contribution in [0.15, 0.2) is 18.2 Å². The first-order valence-corrected chi connectivity index (χ1v) is 11.1. The number of hydrogen-bond acceptors (Lipinski definition) is 7. The quantitative estimate of drug-likeness (QED) is 0.741. The lowest BCUT2D eigenvalue weighted by molar-refractivity contribution is -0.123. The van der Waals surface area contributed by atoms with Gasteiger partial charge < -0.3 is 14.8 Å². The summed E-state index contributed by atoms with van der Waals surface area (Å²) in [6.45, 7) is 4.87. The average molecular weight is 395 g/mol. The molecule has 9 heteroatoms. The van der Waals surface area contributed by atoms with E-state index in [1.54, 1.807) is 0 Å². The van der Waals surface area contributed by atoms with Crippen molar-refractivity contribution in [3.63, 3.8) is 0 Å². The molecule has 0 bridgehead atoms. The molecular weight excluding hydrogens is 370 g/mol. The van der Waals surface area contributed by atoms with Crippen LogP contribution in [0, 0.1) is 0 Å². The van der Waals surface area contributed by atoms with Crippen molar-refractivity contribution in [2.45, 2.75) is 19.0 Å². The highest BCUT2D eigenvalue weighted by Gasteiger charge is 2.29. The lowest BCUT2D eigenvalue weighted by Crippen LogP contribution is -2.50. The van der Waals surface area contributed by atoms with Crippen LogP contribution in [0.1, 0.15) is 12.0 Å². The van der Waals surface area contributed by atoms with Crippen LogP contribution < -0.4 is 14.8 Å². The number of benzene rings is 1. The number of rotatable bonds is 5. The van der Waals surface area contributed by atoms with Crippen LogP contribution in [0.25, 0.3) is 0 Å². The highest BCUT2D eigenvalue weighted by atomic mass is 32.2. The SMILES string of the molecule is O=C(CN1CCN(Cc2ccc3c(c2)OCO3)CC1)NC1CCS(=O)(=O)C1. The third-order valence-corrected chi connectivity index (χ3v) is 7.04. The molecule has 1 N–H and O–H groups in total. The van der Waals surface area contributed by atoms with Crippen LogP contribution in [0.5, 0.6) is 11.5 Å². The number of sulfone groups is 1. The molecule has 0 aromatic heterocycles. The first-order chi connectivity index (χ1) is 13.0. The fourth-order valence-corrected chi connectivity index (χ4v) is 5.46. The smallest absolute Gasteiger partial charge is 0.234 e. The Balaban J connectivity index is 1.20. The van der Waals surface area contributed by atoms with Gasteiger partial charge in [-0.3, -0.25) is 14.6 Å². The van der Waals surface area contributed by atoms with Gasteiger partial charge in [-0.25, -0.2) is 8.42 Å². The number of fused-ring (bicyclic) bond motifs is 1. The van der Waals surface area contributed by atoms with E-state index in [1.165, 1.54) is 5.56 Å². The van der Waals surface area contributed by atoms with Gasteiger partial charge in [0.15, 0.2) is 21.3 Å². The van der Waals surface area contributed by atoms with E-state index in [9.17, 15) is 13.2 Å². The predicted octanol–water partition coefficient (Wildman–Crippen LogP) is -0.164. The van der Waals surface area contributed by atoms with E-state index in [0.29, 0.717) is 13.0 Å². The Hall–Kier alpha value is -1.84. The van der Waals surface area contributed by atoms with Gasteiger partial charge >= 0.3 is 0 Å². The standard InChI is InChI=1S/C18H25N3O5S/c22-18(19-15-3-8-27(23,24)12-15)11-21-6-4-20(5-7-21)10-14-1-2-16-17(9-14)26-13-25-16/h1-2,9,15H,3-8,10-13H2,(H,19,22). The molecule has 3 aliphatic rings. The van der Waals surface area contributed by atoms with E-state index in [1.807, 2.05) is 12.1 Å². The number of carbonyl (C=O) groups excluding carboxylic acids is 1. The molecule has 0 radical (unpaired) electrons. The first kappa shape index (κ1) is 18.5. The lowest BCUT2D eigenvalue weighted by Gasteiger charge is -2.34. The average Bonchev–Trinajstić information content (AvgIpc) is 3.22. The van der Waals surface area contributed by atoms with Gasteiger partial charge in [-0.1, -0.05) is 6.07 Å². The van der Waals surface area contributed by atoms with Gasteiger partial charge in [0.1, 0.15) is 0 Å². The van der Waals surface area contributed by atoms with Crippen LogP contribution in [0.2, 0.25) is 0 Å². The van der Waals surface area contributed by atoms with E-state index in [0.717, 1.165) is 44.2 Å². The van der Waals surface area contributed by atoms with Crippen molar-refractivity contribution in [3.8, 4) is 11.5 Å². The molecule has 27 heavy (non-hydrogen) atoms. The zero-order valence-corrected chi connectivity index (χ0v) is 16.0. The van der Waals surface area contributed by atoms with Crippen LogP contribution >= 0.6 is 0 Å². The van der Waals surface area contributed by atoms with Crippen molar-refractivity contribution >= 4 is 15.7 Å². The first-order valence-electron chi connectivity index (χ1n) is 9.30. The maximum atomic E-state index is 12.2. The van der Waals surface area contributed by atoms with Gasteiger partial charge in [-0.05, 0) is 24.1 Å². The summed E-state index contributed by atoms with van der Waals surface area (Å²) in [6, 6.07) is 5.80. The van der Waals surface area contributed by atoms with Crippen molar-refractivity contribution in [1.82, 2.24) is 15.1 Å². The Kier molecular flexibility index (Phi) is 5.25. The van der Waals surface area contributed by atoms with E-state index in [4.69, 9.17) is 9.47 Å². The molecule has 148 valence electrons. The second-order valence-corrected chi connectivity index (χ2v) is 9.64. The molecule has 1 unspecified atom stereocenters. The van der Waals surface area contributed by atoms with Gasteiger partial charge in [-0.2, -0.15) is 0 Å². The van der Waals surface area contributed by atoms with Gasteiger partial charge in [0.25, 0.3) is 0 Å². The zero-order chi connectivity index (χ0) is 18.9. The van der Waals surface area contributed by atoms with Crippen molar-refractivity contribution in [2.24, 2.45) is 0 Å². The van der Waals surface area contributed by atoms with E-state index >= 15 is 0 Å². The molecule has 0 saturated carbocycles. The topological polar surface area (TPSA) is 88.2 Å². The number of hydrogen-bond donors (Lipinski definition) is 1. The monoisotopic (exact) mass is 395 g/mol. The molecule has 3 heterocycles. The van der Waals surface area contributed by atoms with Gasteiger partial charge in [0, 0.05) is 38.8 Å². The predicted molar refractivity (Wildman–Crippen MR) is 99.5 cm³/mol. The van der Waals surface area contributed by atoms with E-state index < -0.39 is 9.84 Å². The number of piperazine rings is 1. The summed E-state index contributed by atoms with van der Waals surface area (Å²) in [5, 5.41) is 2.86. The molecule has 1 aromatic rings. The van der Waals surface area contributed by atoms with Crippen molar-refractivity contribution < 1.29 is 22.7 Å². The van der Waals surface area contributed by atoms with Gasteiger partial charge in [0.2, 0.25) is 12.7 Å². The summed E-state index contributed by atoms with van der Waals surface area (Å²) < 4.78 is 33.7. The second kappa shape index (κ2) is 7.65. The minimum absolute atomic E-state index is 0.0715. The molecule has 0 spiro atoms. The van der Waals surface area contributed by atoms with Gasteiger partial charge in [-0.15, -0.1) is 0 Å². The largest absolute Gasteiger partial charge is 0.454 e. The summed E-state index contributed by atoms with van der Waals surface area (Å²) >= 11 is 0. The van der Waals surface area contributed by atoms with Crippen LogP contribution in [-0.2, 0) is 21.2 Å². The molecule has 8 nitrogen and oxygen atoms in total. The molecular formula is C18H25N3O5S. The third-order valence-electron chi connectivity index (χ3n) is 5.27. The Labute approximate surface area is 159 Å². The van der Waals surface area contributed by atoms with Crippen molar-refractivity contribution in [3.05, 3.63) is 23.8 Å². The van der Waals surface area contributed by atoms with Crippen LogP contribution in [-0.4, -0.2) is 81.2 Å². The van der Waals surface area contributed by atoms with Crippen molar-refractivity contribution in [1.29, 1.82) is 0 Å². The summed E-state index contributed by atoms with van der Waals surface area (Å²) in [7, 11) is -2.97. The zero-order valence-electron chi connectivity index (χ0n) is 15.2. The maximum absolute atomic E-state index is 12.2. The van der Waals surface area contributed by atoms with Crippen molar-refractivity contribution in [2.75, 3.05) is 51.0 Å². The molecule has 0 aliphatic carbocycles. The normalized spacial score (nSPS) is 24.8. The Morgan fingerprint density at radius 2 is 1.85 bits per heavy atom. The maximum Gasteiger partial charge on any atom is 0.234 e. The number of ether oxygens (including phenoxy) is 2. The highest BCUT2D eigenvalue weighted by molar-refractivity contribution is 7.91. The molecule has 1 amide bonds. The van der Waals surface area contributed by atoms with Crippen LogP contribution in [0.3, 0.4) is 0 Å². The highest BCUT2D eigenvalue weighted by Crippen LogP contribution is 2.32. The molecule has 4 rings (SSSR count). The Morgan fingerprint density at radius 3 is 2.59 bits per heavy atom. The molecule has 1 atom stereocenters. The minimum Gasteiger partial charge on any atom is -0.454 e. The Bertz CT molecular complexity index is 805. The number of amides is 1. The summed E-state index contributed by atoms with van der Waals surface area (Å²) in [6.07, 6.45) is 0.525. The van der Waals surface area contributed by atoms with Gasteiger partial charge in [0.05, 0.1) is 18.1 Å². The van der Waals surface area contributed by atoms with Crippen LogP contribution in [0.4, 0.5) is 0 Å². The lowest BCUT2D eigenvalue weighted by atomic mass is 10.1.